The number of ketones is 1. The van der Waals surface area contributed by atoms with Gasteiger partial charge in [0.2, 0.25) is 0 Å². The summed E-state index contributed by atoms with van der Waals surface area (Å²) >= 11 is 0. The molecule has 1 amide bonds. The Morgan fingerprint density at radius 3 is 2.35 bits per heavy atom. The second-order valence-electron chi connectivity index (χ2n) is 9.43. The average Bonchev–Trinajstić information content (AvgIpc) is 2.91. The molecule has 2 aromatic rings. The van der Waals surface area contributed by atoms with E-state index in [1.165, 1.54) is 0 Å². The van der Waals surface area contributed by atoms with Crippen LogP contribution >= 0.6 is 0 Å². The summed E-state index contributed by atoms with van der Waals surface area (Å²) < 4.78 is 0. The molecule has 0 radical (unpaired) electrons. The zero-order valence-corrected chi connectivity index (χ0v) is 18.9. The van der Waals surface area contributed by atoms with E-state index < -0.39 is 11.5 Å². The highest BCUT2D eigenvalue weighted by Gasteiger charge is 2.51. The largest absolute Gasteiger partial charge is 0.375 e. The summed E-state index contributed by atoms with van der Waals surface area (Å²) in [5, 5.41) is 11.6. The number of nitrogens with zero attached hydrogens (tertiary/aromatic N) is 2. The van der Waals surface area contributed by atoms with Crippen LogP contribution in [0.1, 0.15) is 58.8 Å². The SMILES string of the molecule is Cc1cc(C)c(C(=O)CC2(O)C(=O)N(CN3CCC(C)CC3)c3ccccc32)c(C)c1. The number of likely N-dealkylation sites (tertiary alicyclic amines) is 1. The summed E-state index contributed by atoms with van der Waals surface area (Å²) in [6.45, 7) is 10.4. The first-order valence-corrected chi connectivity index (χ1v) is 11.2. The fraction of sp³-hybridized carbons (Fsp3) is 0.462. The normalized spacial score (nSPS) is 22.1. The van der Waals surface area contributed by atoms with Crippen molar-refractivity contribution in [1.29, 1.82) is 0 Å². The number of fused-ring (bicyclic) bond motifs is 1. The van der Waals surface area contributed by atoms with E-state index in [-0.39, 0.29) is 12.2 Å². The molecule has 1 atom stereocenters. The van der Waals surface area contributed by atoms with E-state index >= 15 is 0 Å². The molecule has 2 aliphatic heterocycles. The maximum absolute atomic E-state index is 13.5. The summed E-state index contributed by atoms with van der Waals surface area (Å²) in [4.78, 5) is 30.7. The van der Waals surface area contributed by atoms with Gasteiger partial charge in [0.1, 0.15) is 0 Å². The van der Waals surface area contributed by atoms with Crippen molar-refractivity contribution in [3.05, 3.63) is 64.2 Å². The molecule has 0 bridgehead atoms. The third-order valence-corrected chi connectivity index (χ3v) is 6.83. The zero-order valence-electron chi connectivity index (χ0n) is 18.9. The van der Waals surface area contributed by atoms with Gasteiger partial charge in [0.25, 0.3) is 5.91 Å². The van der Waals surface area contributed by atoms with Crippen LogP contribution in [0.4, 0.5) is 5.69 Å². The zero-order chi connectivity index (χ0) is 22.3. The van der Waals surface area contributed by atoms with E-state index in [9.17, 15) is 14.7 Å². The maximum atomic E-state index is 13.5. The standard InChI is InChI=1S/C26H32N2O3/c1-17-9-11-27(12-10-17)16-28-22-8-6-5-7-21(22)26(31,25(28)30)15-23(29)24-19(3)13-18(2)14-20(24)4/h5-8,13-14,17,31H,9-12,15-16H2,1-4H3. The van der Waals surface area contributed by atoms with Gasteiger partial charge in [-0.15, -0.1) is 0 Å². The Balaban J connectivity index is 1.63. The lowest BCUT2D eigenvalue weighted by atomic mass is 9.85. The number of carbonyl (C=O) groups excluding carboxylic acids is 2. The van der Waals surface area contributed by atoms with Crippen molar-refractivity contribution in [2.75, 3.05) is 24.7 Å². The number of hydrogen-bond acceptors (Lipinski definition) is 4. The molecule has 0 aromatic heterocycles. The second kappa shape index (κ2) is 8.21. The van der Waals surface area contributed by atoms with Crippen molar-refractivity contribution in [1.82, 2.24) is 4.90 Å². The molecular formula is C26H32N2O3. The topological polar surface area (TPSA) is 60.9 Å². The van der Waals surface area contributed by atoms with Crippen molar-refractivity contribution in [2.24, 2.45) is 5.92 Å². The summed E-state index contributed by atoms with van der Waals surface area (Å²) in [7, 11) is 0. The lowest BCUT2D eigenvalue weighted by Crippen LogP contribution is -2.48. The van der Waals surface area contributed by atoms with Gasteiger partial charge in [-0.25, -0.2) is 0 Å². The van der Waals surface area contributed by atoms with Gasteiger partial charge in [-0.1, -0.05) is 42.8 Å². The molecule has 1 fully saturated rings. The number of benzene rings is 2. The van der Waals surface area contributed by atoms with Gasteiger partial charge < -0.3 is 5.11 Å². The third kappa shape index (κ3) is 3.92. The first kappa shape index (κ1) is 21.7. The minimum absolute atomic E-state index is 0.200. The summed E-state index contributed by atoms with van der Waals surface area (Å²) in [6.07, 6.45) is 1.97. The Bertz CT molecular complexity index is 1000. The van der Waals surface area contributed by atoms with Crippen LogP contribution in [0.5, 0.6) is 0 Å². The number of piperidine rings is 1. The molecule has 31 heavy (non-hydrogen) atoms. The second-order valence-corrected chi connectivity index (χ2v) is 9.43. The minimum atomic E-state index is -1.83. The summed E-state index contributed by atoms with van der Waals surface area (Å²) in [5.74, 6) is 0.103. The lowest BCUT2D eigenvalue weighted by Gasteiger charge is -2.34. The Labute approximate surface area is 184 Å². The number of anilines is 1. The predicted molar refractivity (Wildman–Crippen MR) is 122 cm³/mol. The van der Waals surface area contributed by atoms with E-state index in [0.29, 0.717) is 29.4 Å². The van der Waals surface area contributed by atoms with Gasteiger partial charge in [-0.3, -0.25) is 19.4 Å². The smallest absolute Gasteiger partial charge is 0.265 e. The lowest BCUT2D eigenvalue weighted by molar-refractivity contribution is -0.136. The number of hydrogen-bond donors (Lipinski definition) is 1. The van der Waals surface area contributed by atoms with Gasteiger partial charge in [0, 0.05) is 24.2 Å². The van der Waals surface area contributed by atoms with Gasteiger partial charge in [0.05, 0.1) is 18.8 Å². The Morgan fingerprint density at radius 2 is 1.71 bits per heavy atom. The summed E-state index contributed by atoms with van der Waals surface area (Å²) in [5.41, 5.74) is 2.86. The van der Waals surface area contributed by atoms with Gasteiger partial charge >= 0.3 is 0 Å². The highest BCUT2D eigenvalue weighted by molar-refractivity contribution is 6.11. The monoisotopic (exact) mass is 420 g/mol. The first-order valence-electron chi connectivity index (χ1n) is 11.2. The minimum Gasteiger partial charge on any atom is -0.375 e. The fourth-order valence-electron chi connectivity index (χ4n) is 5.16. The number of rotatable bonds is 5. The van der Waals surface area contributed by atoms with Crippen LogP contribution in [-0.4, -0.2) is 41.5 Å². The molecule has 1 saturated heterocycles. The Hall–Kier alpha value is -2.50. The highest BCUT2D eigenvalue weighted by Crippen LogP contribution is 2.43. The molecular weight excluding hydrogens is 388 g/mol. The number of aryl methyl sites for hydroxylation is 3. The molecule has 0 saturated carbocycles. The van der Waals surface area contributed by atoms with E-state index in [1.807, 2.05) is 51.1 Å². The van der Waals surface area contributed by atoms with Gasteiger partial charge in [-0.05, 0) is 56.7 Å². The number of amides is 1. The molecule has 2 aromatic carbocycles. The molecule has 5 heteroatoms. The molecule has 5 nitrogen and oxygen atoms in total. The fourth-order valence-corrected chi connectivity index (χ4v) is 5.16. The highest BCUT2D eigenvalue weighted by atomic mass is 16.3. The molecule has 164 valence electrons. The van der Waals surface area contributed by atoms with Crippen LogP contribution < -0.4 is 4.90 Å². The molecule has 1 unspecified atom stereocenters. The Kier molecular flexibility index (Phi) is 5.75. The molecule has 0 aliphatic carbocycles. The van der Waals surface area contributed by atoms with E-state index in [4.69, 9.17) is 0 Å². The van der Waals surface area contributed by atoms with Crippen LogP contribution in [0.25, 0.3) is 0 Å². The average molecular weight is 421 g/mol. The van der Waals surface area contributed by atoms with Gasteiger partial charge in [0.15, 0.2) is 11.4 Å². The number of carbonyl (C=O) groups is 2. The molecule has 1 N–H and O–H groups in total. The Morgan fingerprint density at radius 1 is 1.10 bits per heavy atom. The van der Waals surface area contributed by atoms with Crippen LogP contribution in [0.2, 0.25) is 0 Å². The van der Waals surface area contributed by atoms with Crippen molar-refractivity contribution >= 4 is 17.4 Å². The van der Waals surface area contributed by atoms with Crippen molar-refractivity contribution in [3.63, 3.8) is 0 Å². The number of Topliss-reactive ketones (excluding diaryl/α,β-unsaturated/α-hetero) is 1. The predicted octanol–water partition coefficient (Wildman–Crippen LogP) is 4.11. The number of aliphatic hydroxyl groups is 1. The maximum Gasteiger partial charge on any atom is 0.265 e. The van der Waals surface area contributed by atoms with Crippen molar-refractivity contribution in [3.8, 4) is 0 Å². The van der Waals surface area contributed by atoms with Crippen LogP contribution in [0.3, 0.4) is 0 Å². The number of para-hydroxylation sites is 1. The van der Waals surface area contributed by atoms with Crippen LogP contribution in [0, 0.1) is 26.7 Å². The molecule has 4 rings (SSSR count). The van der Waals surface area contributed by atoms with Crippen molar-refractivity contribution < 1.29 is 14.7 Å². The van der Waals surface area contributed by atoms with Crippen molar-refractivity contribution in [2.45, 2.75) is 52.6 Å². The van der Waals surface area contributed by atoms with Crippen LogP contribution in [-0.2, 0) is 10.4 Å². The molecule has 2 heterocycles. The van der Waals surface area contributed by atoms with E-state index in [1.54, 1.807) is 11.0 Å². The summed E-state index contributed by atoms with van der Waals surface area (Å²) in [6, 6.07) is 11.3. The quantitative estimate of drug-likeness (QED) is 0.740. The first-order chi connectivity index (χ1) is 14.7. The van der Waals surface area contributed by atoms with Crippen LogP contribution in [0.15, 0.2) is 36.4 Å². The van der Waals surface area contributed by atoms with E-state index in [2.05, 4.69) is 11.8 Å². The molecule has 2 aliphatic rings. The van der Waals surface area contributed by atoms with Gasteiger partial charge in [-0.2, -0.15) is 0 Å². The third-order valence-electron chi connectivity index (χ3n) is 6.83. The molecule has 0 spiro atoms. The van der Waals surface area contributed by atoms with E-state index in [0.717, 1.165) is 42.6 Å².